The first-order chi connectivity index (χ1) is 12.7. The molecule has 0 radical (unpaired) electrons. The molecule has 0 bridgehead atoms. The number of guanidine groups is 1. The molecule has 0 atom stereocenters. The molecule has 27 heavy (non-hydrogen) atoms. The van der Waals surface area contributed by atoms with Gasteiger partial charge in [0.05, 0.1) is 0 Å². The van der Waals surface area contributed by atoms with E-state index in [2.05, 4.69) is 25.3 Å². The molecule has 0 fully saturated rings. The highest BCUT2D eigenvalue weighted by Crippen LogP contribution is 2.11. The molecule has 3 rings (SSSR count). The Morgan fingerprint density at radius 3 is 2.63 bits per heavy atom. The topological polar surface area (TPSA) is 58.3 Å². The van der Waals surface area contributed by atoms with Crippen LogP contribution in [0.5, 0.6) is 0 Å². The van der Waals surface area contributed by atoms with Gasteiger partial charge >= 0.3 is 0 Å². The average molecular weight is 497 g/mol. The van der Waals surface area contributed by atoms with Crippen LogP contribution in [-0.2, 0) is 13.1 Å². The second-order valence-electron chi connectivity index (χ2n) is 5.86. The average Bonchev–Trinajstić information content (AvgIpc) is 3.19. The van der Waals surface area contributed by atoms with Crippen molar-refractivity contribution in [3.63, 3.8) is 0 Å². The predicted octanol–water partition coefficient (Wildman–Crippen LogP) is 3.75. The monoisotopic (exact) mass is 496 g/mol. The first-order valence-electron chi connectivity index (χ1n) is 8.27. The van der Waals surface area contributed by atoms with Gasteiger partial charge in [-0.3, -0.25) is 4.99 Å². The number of hydrogen-bond acceptors (Lipinski definition) is 3. The van der Waals surface area contributed by atoms with Gasteiger partial charge in [0.1, 0.15) is 0 Å². The van der Waals surface area contributed by atoms with E-state index in [1.54, 1.807) is 24.1 Å². The van der Waals surface area contributed by atoms with E-state index in [1.165, 1.54) is 5.56 Å². The lowest BCUT2D eigenvalue weighted by Crippen LogP contribution is -2.38. The molecular weight excluding hydrogens is 475 g/mol. The summed E-state index contributed by atoms with van der Waals surface area (Å²) >= 11 is 5.94. The van der Waals surface area contributed by atoms with Crippen molar-refractivity contribution in [3.05, 3.63) is 77.2 Å². The van der Waals surface area contributed by atoms with E-state index in [-0.39, 0.29) is 24.0 Å². The van der Waals surface area contributed by atoms with Crippen LogP contribution in [0.2, 0.25) is 5.02 Å². The number of halogens is 2. The van der Waals surface area contributed by atoms with Crippen LogP contribution in [-0.4, -0.2) is 39.7 Å². The highest BCUT2D eigenvalue weighted by molar-refractivity contribution is 14.0. The zero-order valence-corrected chi connectivity index (χ0v) is 18.3. The maximum atomic E-state index is 5.94. The summed E-state index contributed by atoms with van der Waals surface area (Å²) in [4.78, 5) is 10.8. The molecule has 8 heteroatoms. The second kappa shape index (κ2) is 10.3. The molecule has 142 valence electrons. The zero-order chi connectivity index (χ0) is 18.4. The third-order valence-corrected chi connectivity index (χ3v) is 4.16. The lowest BCUT2D eigenvalue weighted by Gasteiger charge is -2.22. The molecule has 3 aromatic rings. The zero-order valence-electron chi connectivity index (χ0n) is 15.2. The number of aliphatic imine (C=N–C) groups is 1. The normalized spacial score (nSPS) is 11.0. The Hall–Kier alpha value is -2.13. The van der Waals surface area contributed by atoms with E-state index < -0.39 is 0 Å². The molecular formula is C19H22ClIN6. The maximum absolute atomic E-state index is 5.94. The number of pyridine rings is 1. The Labute approximate surface area is 181 Å². The van der Waals surface area contributed by atoms with Gasteiger partial charge in [-0.2, -0.15) is 5.10 Å². The molecule has 0 aliphatic heterocycles. The summed E-state index contributed by atoms with van der Waals surface area (Å²) in [6.45, 7) is 1.39. The SMILES string of the molecule is CN=C(NCc1ccnc(-n2cccn2)c1)N(C)Cc1ccc(Cl)cc1.I. The van der Waals surface area contributed by atoms with Crippen LogP contribution in [0, 0.1) is 0 Å². The van der Waals surface area contributed by atoms with Crippen molar-refractivity contribution in [3.8, 4) is 5.82 Å². The largest absolute Gasteiger partial charge is 0.352 e. The summed E-state index contributed by atoms with van der Waals surface area (Å²) in [5.41, 5.74) is 2.27. The van der Waals surface area contributed by atoms with Crippen molar-refractivity contribution in [1.29, 1.82) is 0 Å². The molecule has 0 saturated carbocycles. The van der Waals surface area contributed by atoms with Crippen molar-refractivity contribution >= 4 is 41.5 Å². The van der Waals surface area contributed by atoms with Crippen LogP contribution >= 0.6 is 35.6 Å². The van der Waals surface area contributed by atoms with E-state index in [4.69, 9.17) is 11.6 Å². The lowest BCUT2D eigenvalue weighted by atomic mass is 10.2. The maximum Gasteiger partial charge on any atom is 0.193 e. The van der Waals surface area contributed by atoms with E-state index >= 15 is 0 Å². The molecule has 0 unspecified atom stereocenters. The quantitative estimate of drug-likeness (QED) is 0.332. The first kappa shape index (κ1) is 21.2. The summed E-state index contributed by atoms with van der Waals surface area (Å²) in [6, 6.07) is 13.7. The van der Waals surface area contributed by atoms with E-state index in [1.807, 2.05) is 55.7 Å². The van der Waals surface area contributed by atoms with Gasteiger partial charge in [0.2, 0.25) is 0 Å². The van der Waals surface area contributed by atoms with Gasteiger partial charge in [-0.15, -0.1) is 24.0 Å². The molecule has 0 saturated heterocycles. The summed E-state index contributed by atoms with van der Waals surface area (Å²) in [5, 5.41) is 8.34. The van der Waals surface area contributed by atoms with Crippen LogP contribution in [0.3, 0.4) is 0 Å². The van der Waals surface area contributed by atoms with Crippen LogP contribution in [0.15, 0.2) is 66.0 Å². The molecule has 6 nitrogen and oxygen atoms in total. The lowest BCUT2D eigenvalue weighted by molar-refractivity contribution is 0.476. The van der Waals surface area contributed by atoms with E-state index in [9.17, 15) is 0 Å². The van der Waals surface area contributed by atoms with Crippen LogP contribution < -0.4 is 5.32 Å². The van der Waals surface area contributed by atoms with Crippen molar-refractivity contribution in [1.82, 2.24) is 25.0 Å². The molecule has 1 aromatic carbocycles. The minimum atomic E-state index is 0. The van der Waals surface area contributed by atoms with Crippen molar-refractivity contribution in [2.24, 2.45) is 4.99 Å². The van der Waals surface area contributed by atoms with Crippen LogP contribution in [0.25, 0.3) is 5.82 Å². The first-order valence-corrected chi connectivity index (χ1v) is 8.64. The third kappa shape index (κ3) is 5.93. The predicted molar refractivity (Wildman–Crippen MR) is 120 cm³/mol. The fourth-order valence-electron chi connectivity index (χ4n) is 2.60. The summed E-state index contributed by atoms with van der Waals surface area (Å²) in [7, 11) is 3.79. The number of rotatable bonds is 5. The highest BCUT2D eigenvalue weighted by atomic mass is 127. The van der Waals surface area contributed by atoms with Gasteiger partial charge < -0.3 is 10.2 Å². The molecule has 0 amide bonds. The standard InChI is InChI=1S/C19H21ClN6.HI/c1-21-19(25(2)14-15-4-6-17(20)7-5-15)23-13-16-8-10-22-18(12-16)26-11-3-9-24-26;/h3-12H,13-14H2,1-2H3,(H,21,23);1H. The fraction of sp³-hybridized carbons (Fsp3) is 0.211. The van der Waals surface area contributed by atoms with Gasteiger partial charge in [0, 0.05) is 50.8 Å². The number of nitrogens with zero attached hydrogens (tertiary/aromatic N) is 5. The smallest absolute Gasteiger partial charge is 0.193 e. The van der Waals surface area contributed by atoms with Crippen molar-refractivity contribution < 1.29 is 0 Å². The summed E-state index contributed by atoms with van der Waals surface area (Å²) in [5.74, 6) is 1.61. The molecule has 2 heterocycles. The van der Waals surface area contributed by atoms with Crippen molar-refractivity contribution in [2.45, 2.75) is 13.1 Å². The number of aromatic nitrogens is 3. The molecule has 2 aromatic heterocycles. The second-order valence-corrected chi connectivity index (χ2v) is 6.29. The fourth-order valence-corrected chi connectivity index (χ4v) is 2.73. The van der Waals surface area contributed by atoms with E-state index in [0.717, 1.165) is 28.9 Å². The number of nitrogens with one attached hydrogen (secondary N) is 1. The molecule has 1 N–H and O–H groups in total. The van der Waals surface area contributed by atoms with Crippen LogP contribution in [0.4, 0.5) is 0 Å². The minimum absolute atomic E-state index is 0. The van der Waals surface area contributed by atoms with Crippen molar-refractivity contribution in [2.75, 3.05) is 14.1 Å². The Morgan fingerprint density at radius 1 is 1.19 bits per heavy atom. The van der Waals surface area contributed by atoms with Crippen LogP contribution in [0.1, 0.15) is 11.1 Å². The Balaban J connectivity index is 0.00000261. The Morgan fingerprint density at radius 2 is 1.96 bits per heavy atom. The number of benzene rings is 1. The Kier molecular flexibility index (Phi) is 8.05. The Bertz CT molecular complexity index is 864. The molecule has 0 spiro atoms. The molecule has 0 aliphatic carbocycles. The number of hydrogen-bond donors (Lipinski definition) is 1. The summed E-state index contributed by atoms with van der Waals surface area (Å²) in [6.07, 6.45) is 5.40. The van der Waals surface area contributed by atoms with Gasteiger partial charge in [-0.1, -0.05) is 23.7 Å². The highest BCUT2D eigenvalue weighted by Gasteiger charge is 2.07. The van der Waals surface area contributed by atoms with Gasteiger partial charge in [0.15, 0.2) is 11.8 Å². The van der Waals surface area contributed by atoms with Gasteiger partial charge in [0.25, 0.3) is 0 Å². The summed E-state index contributed by atoms with van der Waals surface area (Å²) < 4.78 is 1.74. The van der Waals surface area contributed by atoms with Gasteiger partial charge in [-0.05, 0) is 41.5 Å². The molecule has 0 aliphatic rings. The van der Waals surface area contributed by atoms with E-state index in [0.29, 0.717) is 6.54 Å². The van der Waals surface area contributed by atoms with Gasteiger partial charge in [-0.25, -0.2) is 9.67 Å². The minimum Gasteiger partial charge on any atom is -0.352 e. The third-order valence-electron chi connectivity index (χ3n) is 3.91.